The quantitative estimate of drug-likeness (QED) is 0.466. The summed E-state index contributed by atoms with van der Waals surface area (Å²) >= 11 is 0. The summed E-state index contributed by atoms with van der Waals surface area (Å²) in [6.07, 6.45) is 1.47. The van der Waals surface area contributed by atoms with Crippen molar-refractivity contribution in [2.45, 2.75) is 6.92 Å². The van der Waals surface area contributed by atoms with Gasteiger partial charge in [0.2, 0.25) is 0 Å². The van der Waals surface area contributed by atoms with Crippen molar-refractivity contribution in [1.82, 2.24) is 5.43 Å². The van der Waals surface area contributed by atoms with Gasteiger partial charge in [-0.2, -0.15) is 0 Å². The molecule has 0 saturated carbocycles. The van der Waals surface area contributed by atoms with E-state index in [0.717, 1.165) is 5.56 Å². The SMILES string of the molecule is Cc1ccc(NC(=O)COc2ccccc2/C=C2/C(=O)NN(c3ccccc3)C2=O)cc1. The lowest BCUT2D eigenvalue weighted by Gasteiger charge is -2.14. The molecule has 1 aliphatic heterocycles. The maximum atomic E-state index is 12.8. The molecule has 7 nitrogen and oxygen atoms in total. The molecule has 0 aromatic heterocycles. The zero-order valence-corrected chi connectivity index (χ0v) is 17.4. The number of hydrazine groups is 1. The number of anilines is 2. The predicted molar refractivity (Wildman–Crippen MR) is 122 cm³/mol. The van der Waals surface area contributed by atoms with E-state index in [1.165, 1.54) is 11.1 Å². The second kappa shape index (κ2) is 9.18. The number of hydrogen-bond donors (Lipinski definition) is 2. The summed E-state index contributed by atoms with van der Waals surface area (Å²) in [6.45, 7) is 1.75. The van der Waals surface area contributed by atoms with Gasteiger partial charge in [-0.05, 0) is 43.3 Å². The van der Waals surface area contributed by atoms with Crippen molar-refractivity contribution in [3.8, 4) is 5.75 Å². The number of hydrogen-bond acceptors (Lipinski definition) is 4. The van der Waals surface area contributed by atoms with Crippen LogP contribution in [0, 0.1) is 6.92 Å². The molecular formula is C25H21N3O4. The minimum Gasteiger partial charge on any atom is -0.483 e. The van der Waals surface area contributed by atoms with Gasteiger partial charge in [-0.25, -0.2) is 5.01 Å². The molecule has 160 valence electrons. The van der Waals surface area contributed by atoms with Crippen molar-refractivity contribution in [3.63, 3.8) is 0 Å². The number of carbonyl (C=O) groups excluding carboxylic acids is 3. The van der Waals surface area contributed by atoms with Crippen molar-refractivity contribution in [3.05, 3.63) is 95.6 Å². The Morgan fingerprint density at radius 3 is 2.41 bits per heavy atom. The molecule has 0 atom stereocenters. The molecule has 2 N–H and O–H groups in total. The molecule has 1 heterocycles. The van der Waals surface area contributed by atoms with Gasteiger partial charge in [-0.1, -0.05) is 54.1 Å². The van der Waals surface area contributed by atoms with Gasteiger partial charge < -0.3 is 10.1 Å². The molecular weight excluding hydrogens is 406 g/mol. The summed E-state index contributed by atoms with van der Waals surface area (Å²) in [4.78, 5) is 37.5. The van der Waals surface area contributed by atoms with Crippen LogP contribution in [0.2, 0.25) is 0 Å². The van der Waals surface area contributed by atoms with E-state index >= 15 is 0 Å². The fourth-order valence-corrected chi connectivity index (χ4v) is 3.18. The summed E-state index contributed by atoms with van der Waals surface area (Å²) < 4.78 is 5.67. The Labute approximate surface area is 185 Å². The molecule has 3 aromatic carbocycles. The Morgan fingerprint density at radius 2 is 1.66 bits per heavy atom. The molecule has 1 aliphatic rings. The highest BCUT2D eigenvalue weighted by atomic mass is 16.5. The third-order valence-corrected chi connectivity index (χ3v) is 4.82. The van der Waals surface area contributed by atoms with Crippen LogP contribution in [0.15, 0.2) is 84.4 Å². The third-order valence-electron chi connectivity index (χ3n) is 4.82. The zero-order valence-electron chi connectivity index (χ0n) is 17.4. The van der Waals surface area contributed by atoms with Gasteiger partial charge in [-0.15, -0.1) is 0 Å². The van der Waals surface area contributed by atoms with Crippen molar-refractivity contribution >= 4 is 35.2 Å². The Bertz CT molecular complexity index is 1190. The molecule has 1 fully saturated rings. The van der Waals surface area contributed by atoms with Crippen molar-refractivity contribution in [2.75, 3.05) is 16.9 Å². The number of rotatable bonds is 6. The fourth-order valence-electron chi connectivity index (χ4n) is 3.18. The molecule has 3 aromatic rings. The average Bonchev–Trinajstić information content (AvgIpc) is 3.09. The summed E-state index contributed by atoms with van der Waals surface area (Å²) in [7, 11) is 0. The molecule has 0 unspecified atom stereocenters. The second-order valence-electron chi connectivity index (χ2n) is 7.22. The van der Waals surface area contributed by atoms with Crippen LogP contribution in [-0.4, -0.2) is 24.3 Å². The summed E-state index contributed by atoms with van der Waals surface area (Å²) in [5.74, 6) is -0.905. The highest BCUT2D eigenvalue weighted by molar-refractivity contribution is 6.31. The van der Waals surface area contributed by atoms with Gasteiger partial charge in [0, 0.05) is 11.3 Å². The van der Waals surface area contributed by atoms with E-state index in [2.05, 4.69) is 10.7 Å². The number of amides is 3. The molecule has 0 spiro atoms. The number of carbonyl (C=O) groups is 3. The minimum absolute atomic E-state index is 0.0194. The first-order valence-electron chi connectivity index (χ1n) is 10.0. The van der Waals surface area contributed by atoms with E-state index in [1.54, 1.807) is 48.5 Å². The van der Waals surface area contributed by atoms with Gasteiger partial charge in [0.25, 0.3) is 17.7 Å². The van der Waals surface area contributed by atoms with E-state index in [1.807, 2.05) is 37.3 Å². The molecule has 3 amide bonds. The topological polar surface area (TPSA) is 87.7 Å². The minimum atomic E-state index is -0.509. The molecule has 0 bridgehead atoms. The lowest BCUT2D eigenvalue weighted by atomic mass is 10.1. The van der Waals surface area contributed by atoms with Crippen LogP contribution in [0.5, 0.6) is 5.75 Å². The first-order valence-corrected chi connectivity index (χ1v) is 10.0. The zero-order chi connectivity index (χ0) is 22.5. The molecule has 1 saturated heterocycles. The molecule has 0 aliphatic carbocycles. The van der Waals surface area contributed by atoms with E-state index in [0.29, 0.717) is 22.7 Å². The summed E-state index contributed by atoms with van der Waals surface area (Å²) in [5, 5.41) is 3.97. The highest BCUT2D eigenvalue weighted by Crippen LogP contribution is 2.25. The van der Waals surface area contributed by atoms with Gasteiger partial charge in [0.05, 0.1) is 5.69 Å². The Hall–Kier alpha value is -4.39. The lowest BCUT2D eigenvalue weighted by Crippen LogP contribution is -2.35. The maximum absolute atomic E-state index is 12.8. The van der Waals surface area contributed by atoms with Crippen LogP contribution in [0.3, 0.4) is 0 Å². The lowest BCUT2D eigenvalue weighted by molar-refractivity contribution is -0.118. The largest absolute Gasteiger partial charge is 0.483 e. The first-order chi connectivity index (χ1) is 15.5. The molecule has 0 radical (unpaired) electrons. The smallest absolute Gasteiger partial charge is 0.282 e. The van der Waals surface area contributed by atoms with E-state index in [9.17, 15) is 14.4 Å². The monoisotopic (exact) mass is 427 g/mol. The number of nitrogens with zero attached hydrogens (tertiary/aromatic N) is 1. The number of ether oxygens (including phenoxy) is 1. The predicted octanol–water partition coefficient (Wildman–Crippen LogP) is 3.47. The first kappa shape index (κ1) is 20.9. The fraction of sp³-hybridized carbons (Fsp3) is 0.0800. The van der Waals surface area contributed by atoms with Gasteiger partial charge in [-0.3, -0.25) is 19.8 Å². The van der Waals surface area contributed by atoms with E-state index in [-0.39, 0.29) is 18.1 Å². The summed E-state index contributed by atoms with van der Waals surface area (Å²) in [6, 6.07) is 23.2. The van der Waals surface area contributed by atoms with Crippen molar-refractivity contribution < 1.29 is 19.1 Å². The van der Waals surface area contributed by atoms with Crippen LogP contribution < -0.4 is 20.5 Å². The summed E-state index contributed by atoms with van der Waals surface area (Å²) in [5.41, 5.74) is 5.39. The van der Waals surface area contributed by atoms with Crippen LogP contribution in [0.25, 0.3) is 6.08 Å². The maximum Gasteiger partial charge on any atom is 0.282 e. The van der Waals surface area contributed by atoms with E-state index < -0.39 is 11.8 Å². The van der Waals surface area contributed by atoms with Crippen LogP contribution in [-0.2, 0) is 14.4 Å². The molecule has 4 rings (SSSR count). The second-order valence-corrected chi connectivity index (χ2v) is 7.22. The highest BCUT2D eigenvalue weighted by Gasteiger charge is 2.34. The van der Waals surface area contributed by atoms with E-state index in [4.69, 9.17) is 4.74 Å². The van der Waals surface area contributed by atoms with Crippen molar-refractivity contribution in [1.29, 1.82) is 0 Å². The Kier molecular flexibility index (Phi) is 5.98. The average molecular weight is 427 g/mol. The number of benzene rings is 3. The number of para-hydroxylation sites is 2. The Balaban J connectivity index is 1.48. The number of aryl methyl sites for hydroxylation is 1. The third kappa shape index (κ3) is 4.67. The molecule has 32 heavy (non-hydrogen) atoms. The van der Waals surface area contributed by atoms with Crippen molar-refractivity contribution in [2.24, 2.45) is 0 Å². The number of nitrogens with one attached hydrogen (secondary N) is 2. The van der Waals surface area contributed by atoms with Gasteiger partial charge in [0.15, 0.2) is 6.61 Å². The van der Waals surface area contributed by atoms with Crippen LogP contribution in [0.1, 0.15) is 11.1 Å². The van der Waals surface area contributed by atoms with Crippen LogP contribution in [0.4, 0.5) is 11.4 Å². The Morgan fingerprint density at radius 1 is 0.969 bits per heavy atom. The molecule has 7 heteroatoms. The van der Waals surface area contributed by atoms with Crippen LogP contribution >= 0.6 is 0 Å². The van der Waals surface area contributed by atoms with Gasteiger partial charge in [0.1, 0.15) is 11.3 Å². The van der Waals surface area contributed by atoms with Gasteiger partial charge >= 0.3 is 0 Å². The standard InChI is InChI=1S/C25H21N3O4/c1-17-11-13-19(14-12-17)26-23(29)16-32-22-10-6-5-7-18(22)15-21-24(30)27-28(25(21)31)20-8-3-2-4-9-20/h2-15H,16H2,1H3,(H,26,29)(H,27,30)/b21-15-. The normalized spacial score (nSPS) is 14.4.